The Bertz CT molecular complexity index is 670. The second-order valence-corrected chi connectivity index (χ2v) is 9.66. The molecule has 0 atom stereocenters. The minimum atomic E-state index is -3.08. The van der Waals surface area contributed by atoms with E-state index < -0.39 is 10.0 Å². The van der Waals surface area contributed by atoms with E-state index in [0.29, 0.717) is 19.5 Å². The fourth-order valence-electron chi connectivity index (χ4n) is 2.86. The van der Waals surface area contributed by atoms with Crippen molar-refractivity contribution in [1.29, 1.82) is 0 Å². The maximum absolute atomic E-state index is 12.1. The zero-order valence-electron chi connectivity index (χ0n) is 15.7. The summed E-state index contributed by atoms with van der Waals surface area (Å²) in [6.07, 6.45) is 5.03. The predicted molar refractivity (Wildman–Crippen MR) is 119 cm³/mol. The first-order chi connectivity index (χ1) is 11.9. The highest BCUT2D eigenvalue weighted by Gasteiger charge is 2.27. The molecule has 0 radical (unpaired) electrons. The SMILES string of the molecule is CCCS(=O)(=O)N1CCC(NC(=NC)NCCc2ncc(C)s2)CC1.I. The summed E-state index contributed by atoms with van der Waals surface area (Å²) in [5, 5.41) is 7.83. The Hall–Kier alpha value is -0.460. The van der Waals surface area contributed by atoms with Crippen LogP contribution in [0.5, 0.6) is 0 Å². The molecule has 0 aliphatic carbocycles. The third kappa shape index (κ3) is 7.28. The summed E-state index contributed by atoms with van der Waals surface area (Å²) < 4.78 is 25.8. The number of sulfonamides is 1. The van der Waals surface area contributed by atoms with Gasteiger partial charge in [0.2, 0.25) is 10.0 Å². The Morgan fingerprint density at radius 2 is 2.12 bits per heavy atom. The number of piperidine rings is 1. The van der Waals surface area contributed by atoms with Crippen LogP contribution in [0, 0.1) is 6.92 Å². The highest BCUT2D eigenvalue weighted by Crippen LogP contribution is 2.15. The first-order valence-corrected chi connectivity index (χ1v) is 11.2. The average Bonchev–Trinajstić information content (AvgIpc) is 2.99. The molecular formula is C16H30IN5O2S2. The Labute approximate surface area is 178 Å². The number of aliphatic imine (C=N–C) groups is 1. The Morgan fingerprint density at radius 3 is 2.65 bits per heavy atom. The van der Waals surface area contributed by atoms with Crippen molar-refractivity contribution < 1.29 is 8.42 Å². The normalized spacial score (nSPS) is 17.0. The van der Waals surface area contributed by atoms with Gasteiger partial charge in [-0.2, -0.15) is 0 Å². The van der Waals surface area contributed by atoms with Gasteiger partial charge in [0, 0.05) is 50.2 Å². The number of nitrogens with one attached hydrogen (secondary N) is 2. The van der Waals surface area contributed by atoms with Crippen molar-refractivity contribution in [2.24, 2.45) is 4.99 Å². The second kappa shape index (κ2) is 11.4. The molecule has 2 heterocycles. The molecule has 1 aromatic heterocycles. The summed E-state index contributed by atoms with van der Waals surface area (Å²) in [6.45, 7) is 5.89. The van der Waals surface area contributed by atoms with E-state index in [-0.39, 0.29) is 35.8 Å². The van der Waals surface area contributed by atoms with E-state index in [1.54, 1.807) is 22.7 Å². The van der Waals surface area contributed by atoms with Crippen LogP contribution in [-0.4, -0.2) is 62.1 Å². The lowest BCUT2D eigenvalue weighted by atomic mass is 10.1. The van der Waals surface area contributed by atoms with Gasteiger partial charge in [-0.3, -0.25) is 4.99 Å². The summed E-state index contributed by atoms with van der Waals surface area (Å²) in [5.41, 5.74) is 0. The van der Waals surface area contributed by atoms with Gasteiger partial charge in [0.05, 0.1) is 10.8 Å². The molecule has 2 N–H and O–H groups in total. The third-order valence-corrected chi connectivity index (χ3v) is 7.22. The number of thiazole rings is 1. The zero-order chi connectivity index (χ0) is 18.3. The van der Waals surface area contributed by atoms with E-state index >= 15 is 0 Å². The molecule has 10 heteroatoms. The monoisotopic (exact) mass is 515 g/mol. The van der Waals surface area contributed by atoms with E-state index in [4.69, 9.17) is 0 Å². The van der Waals surface area contributed by atoms with Crippen LogP contribution < -0.4 is 10.6 Å². The number of nitrogens with zero attached hydrogens (tertiary/aromatic N) is 3. The molecule has 1 aliphatic heterocycles. The van der Waals surface area contributed by atoms with E-state index in [1.807, 2.05) is 13.1 Å². The number of hydrogen-bond acceptors (Lipinski definition) is 5. The van der Waals surface area contributed by atoms with E-state index in [2.05, 4.69) is 27.5 Å². The highest BCUT2D eigenvalue weighted by atomic mass is 127. The molecule has 0 spiro atoms. The maximum atomic E-state index is 12.1. The van der Waals surface area contributed by atoms with Crippen molar-refractivity contribution in [1.82, 2.24) is 19.9 Å². The molecule has 0 aromatic carbocycles. The number of rotatable bonds is 7. The molecule has 0 bridgehead atoms. The largest absolute Gasteiger partial charge is 0.356 e. The van der Waals surface area contributed by atoms with Gasteiger partial charge in [0.15, 0.2) is 5.96 Å². The Kier molecular flexibility index (Phi) is 10.3. The summed E-state index contributed by atoms with van der Waals surface area (Å²) in [5.74, 6) is 1.01. The molecule has 0 unspecified atom stereocenters. The number of halogens is 1. The summed E-state index contributed by atoms with van der Waals surface area (Å²) in [7, 11) is -1.33. The Balaban J connectivity index is 0.00000338. The molecule has 0 amide bonds. The van der Waals surface area contributed by atoms with Gasteiger partial charge in [-0.1, -0.05) is 6.92 Å². The Morgan fingerprint density at radius 1 is 1.42 bits per heavy atom. The first-order valence-electron chi connectivity index (χ1n) is 8.81. The van der Waals surface area contributed by atoms with Crippen LogP contribution in [-0.2, 0) is 16.4 Å². The molecule has 2 rings (SSSR count). The maximum Gasteiger partial charge on any atom is 0.214 e. The smallest absolute Gasteiger partial charge is 0.214 e. The molecular weight excluding hydrogens is 485 g/mol. The fourth-order valence-corrected chi connectivity index (χ4v) is 5.19. The molecule has 150 valence electrons. The minimum absolute atomic E-state index is 0. The van der Waals surface area contributed by atoms with Crippen LogP contribution in [0.4, 0.5) is 0 Å². The van der Waals surface area contributed by atoms with Crippen molar-refractivity contribution in [3.63, 3.8) is 0 Å². The van der Waals surface area contributed by atoms with Crippen LogP contribution in [0.15, 0.2) is 11.2 Å². The fraction of sp³-hybridized carbons (Fsp3) is 0.750. The van der Waals surface area contributed by atoms with E-state index in [1.165, 1.54) is 4.88 Å². The third-order valence-electron chi connectivity index (χ3n) is 4.17. The molecule has 26 heavy (non-hydrogen) atoms. The number of aromatic nitrogens is 1. The summed E-state index contributed by atoms with van der Waals surface area (Å²) in [6, 6.07) is 0.251. The van der Waals surface area contributed by atoms with Gasteiger partial charge in [0.1, 0.15) is 0 Å². The van der Waals surface area contributed by atoms with Crippen molar-refractivity contribution in [3.8, 4) is 0 Å². The van der Waals surface area contributed by atoms with Crippen LogP contribution in [0.2, 0.25) is 0 Å². The van der Waals surface area contributed by atoms with Crippen LogP contribution >= 0.6 is 35.3 Å². The lowest BCUT2D eigenvalue weighted by Gasteiger charge is -2.32. The number of aryl methyl sites for hydroxylation is 1. The predicted octanol–water partition coefficient (Wildman–Crippen LogP) is 1.98. The summed E-state index contributed by atoms with van der Waals surface area (Å²) >= 11 is 1.72. The minimum Gasteiger partial charge on any atom is -0.356 e. The van der Waals surface area contributed by atoms with Crippen molar-refractivity contribution >= 4 is 51.3 Å². The lowest BCUT2D eigenvalue weighted by Crippen LogP contribution is -2.50. The van der Waals surface area contributed by atoms with Crippen LogP contribution in [0.25, 0.3) is 0 Å². The van der Waals surface area contributed by atoms with Crippen molar-refractivity contribution in [3.05, 3.63) is 16.1 Å². The first kappa shape index (κ1) is 23.6. The number of guanidine groups is 1. The van der Waals surface area contributed by atoms with Gasteiger partial charge in [-0.15, -0.1) is 35.3 Å². The quantitative estimate of drug-likeness (QED) is 0.330. The van der Waals surface area contributed by atoms with Gasteiger partial charge in [-0.05, 0) is 26.2 Å². The molecule has 1 aliphatic rings. The zero-order valence-corrected chi connectivity index (χ0v) is 19.7. The van der Waals surface area contributed by atoms with E-state index in [9.17, 15) is 8.42 Å². The topological polar surface area (TPSA) is 86.7 Å². The van der Waals surface area contributed by atoms with Gasteiger partial charge in [0.25, 0.3) is 0 Å². The summed E-state index contributed by atoms with van der Waals surface area (Å²) in [4.78, 5) is 9.84. The molecule has 1 fully saturated rings. The molecule has 1 aromatic rings. The van der Waals surface area contributed by atoms with Gasteiger partial charge >= 0.3 is 0 Å². The van der Waals surface area contributed by atoms with Crippen LogP contribution in [0.3, 0.4) is 0 Å². The molecule has 0 saturated carbocycles. The average molecular weight is 515 g/mol. The lowest BCUT2D eigenvalue weighted by molar-refractivity contribution is 0.306. The standard InChI is InChI=1S/C16H29N5O2S2.HI/c1-4-11-25(22,23)21-9-6-14(7-10-21)20-16(17-3)18-8-5-15-19-12-13(2)24-15;/h12,14H,4-11H2,1-3H3,(H2,17,18,20);1H. The van der Waals surface area contributed by atoms with Gasteiger partial charge in [-0.25, -0.2) is 17.7 Å². The van der Waals surface area contributed by atoms with Crippen molar-refractivity contribution in [2.45, 2.75) is 45.6 Å². The number of hydrogen-bond donors (Lipinski definition) is 2. The molecule has 1 saturated heterocycles. The van der Waals surface area contributed by atoms with Crippen molar-refractivity contribution in [2.75, 3.05) is 32.4 Å². The van der Waals surface area contributed by atoms with E-state index in [0.717, 1.165) is 36.8 Å². The van der Waals surface area contributed by atoms with Gasteiger partial charge < -0.3 is 10.6 Å². The van der Waals surface area contributed by atoms with Crippen LogP contribution in [0.1, 0.15) is 36.1 Å². The second-order valence-electron chi connectivity index (χ2n) is 6.25. The molecule has 7 nitrogen and oxygen atoms in total. The highest BCUT2D eigenvalue weighted by molar-refractivity contribution is 14.0.